The summed E-state index contributed by atoms with van der Waals surface area (Å²) < 4.78 is 0. The van der Waals surface area contributed by atoms with E-state index in [-0.39, 0.29) is 8.80 Å². The van der Waals surface area contributed by atoms with Gasteiger partial charge in [0.15, 0.2) is 0 Å². The van der Waals surface area contributed by atoms with Gasteiger partial charge >= 0.3 is 0 Å². The van der Waals surface area contributed by atoms with E-state index in [0.717, 1.165) is 11.8 Å². The fourth-order valence-corrected chi connectivity index (χ4v) is 6.30. The van der Waals surface area contributed by atoms with Crippen LogP contribution in [0.25, 0.3) is 0 Å². The second kappa shape index (κ2) is 8.40. The molecule has 1 heterocycles. The molecule has 0 amide bonds. The van der Waals surface area contributed by atoms with Gasteiger partial charge in [0.2, 0.25) is 0 Å². The Morgan fingerprint density at radius 2 is 2.00 bits per heavy atom. The van der Waals surface area contributed by atoms with Crippen LogP contribution in [0.1, 0.15) is 39.0 Å². The van der Waals surface area contributed by atoms with Gasteiger partial charge in [0.25, 0.3) is 0 Å². The van der Waals surface area contributed by atoms with Gasteiger partial charge in [-0.2, -0.15) is 0 Å². The summed E-state index contributed by atoms with van der Waals surface area (Å²) in [4.78, 5) is 0. The number of hydrogen-bond acceptors (Lipinski definition) is 0. The maximum absolute atomic E-state index is 5.79. The molecule has 88 valence electrons. The smallest absolute Gasteiger partial charge is 0.0371 e. The van der Waals surface area contributed by atoms with Crippen molar-refractivity contribution in [2.75, 3.05) is 5.88 Å². The Bertz CT molecular complexity index is 171. The average molecular weight is 245 g/mol. The zero-order valence-corrected chi connectivity index (χ0v) is 12.0. The van der Waals surface area contributed by atoms with E-state index in [1.807, 2.05) is 0 Å². The summed E-state index contributed by atoms with van der Waals surface area (Å²) in [5.74, 6) is 1.84. The lowest BCUT2D eigenvalue weighted by atomic mass is 10.0. The van der Waals surface area contributed by atoms with Crippen LogP contribution in [0.5, 0.6) is 0 Å². The SMILES string of the molecule is CCC=CCC[SiH]1CCC(CCCl)CC1. The van der Waals surface area contributed by atoms with Crippen LogP contribution in [-0.2, 0) is 0 Å². The van der Waals surface area contributed by atoms with Gasteiger partial charge in [0.05, 0.1) is 0 Å². The van der Waals surface area contributed by atoms with Crippen LogP contribution < -0.4 is 0 Å². The minimum atomic E-state index is -0.327. The van der Waals surface area contributed by atoms with Crippen molar-refractivity contribution < 1.29 is 0 Å². The molecule has 0 bridgehead atoms. The predicted octanol–water partition coefficient (Wildman–Crippen LogP) is 4.61. The molecule has 0 spiro atoms. The first-order chi connectivity index (χ1) is 7.36. The first kappa shape index (κ1) is 13.3. The fourth-order valence-electron chi connectivity index (χ4n) is 2.58. The Labute approximate surface area is 102 Å². The van der Waals surface area contributed by atoms with Crippen LogP contribution in [0.3, 0.4) is 0 Å². The molecular formula is C13H25ClSi. The molecule has 0 aromatic heterocycles. The highest BCUT2D eigenvalue weighted by atomic mass is 35.5. The Morgan fingerprint density at radius 3 is 2.60 bits per heavy atom. The van der Waals surface area contributed by atoms with E-state index >= 15 is 0 Å². The van der Waals surface area contributed by atoms with E-state index < -0.39 is 0 Å². The molecule has 0 unspecified atom stereocenters. The third-order valence-corrected chi connectivity index (χ3v) is 7.30. The molecule has 1 saturated heterocycles. The second-order valence-electron chi connectivity index (χ2n) is 4.82. The lowest BCUT2D eigenvalue weighted by Crippen LogP contribution is -2.21. The van der Waals surface area contributed by atoms with Crippen molar-refractivity contribution in [1.82, 2.24) is 0 Å². The van der Waals surface area contributed by atoms with E-state index in [9.17, 15) is 0 Å². The Hall–Kier alpha value is 0.247. The van der Waals surface area contributed by atoms with Crippen molar-refractivity contribution in [1.29, 1.82) is 0 Å². The molecule has 2 heteroatoms. The molecule has 1 fully saturated rings. The molecule has 0 saturated carbocycles. The number of halogens is 1. The highest BCUT2D eigenvalue weighted by molar-refractivity contribution is 6.59. The topological polar surface area (TPSA) is 0 Å². The molecule has 1 rings (SSSR count). The van der Waals surface area contributed by atoms with Crippen molar-refractivity contribution in [2.45, 2.75) is 57.2 Å². The van der Waals surface area contributed by atoms with Gasteiger partial charge in [-0.3, -0.25) is 0 Å². The lowest BCUT2D eigenvalue weighted by Gasteiger charge is -2.26. The van der Waals surface area contributed by atoms with Gasteiger partial charge in [-0.1, -0.05) is 50.0 Å². The molecule has 0 aliphatic carbocycles. The summed E-state index contributed by atoms with van der Waals surface area (Å²) in [7, 11) is -0.327. The summed E-state index contributed by atoms with van der Waals surface area (Å²) in [5.41, 5.74) is 0. The number of alkyl halides is 1. The van der Waals surface area contributed by atoms with Gasteiger partial charge in [-0.15, -0.1) is 11.6 Å². The molecule has 1 aliphatic heterocycles. The Balaban J connectivity index is 2.06. The van der Waals surface area contributed by atoms with E-state index in [1.165, 1.54) is 32.1 Å². The molecule has 0 radical (unpaired) electrons. The van der Waals surface area contributed by atoms with Crippen molar-refractivity contribution in [3.05, 3.63) is 12.2 Å². The average Bonchev–Trinajstić information content (AvgIpc) is 2.27. The van der Waals surface area contributed by atoms with Crippen molar-refractivity contribution in [3.63, 3.8) is 0 Å². The lowest BCUT2D eigenvalue weighted by molar-refractivity contribution is 0.458. The first-order valence-corrected chi connectivity index (χ1v) is 9.56. The van der Waals surface area contributed by atoms with Crippen molar-refractivity contribution >= 4 is 20.4 Å². The van der Waals surface area contributed by atoms with E-state index in [4.69, 9.17) is 11.6 Å². The number of hydrogen-bond donors (Lipinski definition) is 0. The number of rotatable bonds is 6. The van der Waals surface area contributed by atoms with Gasteiger partial charge in [-0.05, 0) is 25.2 Å². The number of allylic oxidation sites excluding steroid dienone is 2. The quantitative estimate of drug-likeness (QED) is 0.364. The summed E-state index contributed by atoms with van der Waals surface area (Å²) in [6.45, 7) is 2.21. The molecular weight excluding hydrogens is 220 g/mol. The van der Waals surface area contributed by atoms with Crippen molar-refractivity contribution in [2.24, 2.45) is 5.92 Å². The molecule has 0 atom stereocenters. The molecule has 0 nitrogen and oxygen atoms in total. The maximum atomic E-state index is 5.79. The van der Waals surface area contributed by atoms with Crippen LogP contribution in [0.4, 0.5) is 0 Å². The normalized spacial score (nSPS) is 27.3. The minimum absolute atomic E-state index is 0.327. The highest BCUT2D eigenvalue weighted by Crippen LogP contribution is 2.30. The second-order valence-corrected chi connectivity index (χ2v) is 8.66. The largest absolute Gasteiger partial charge is 0.127 e. The van der Waals surface area contributed by atoms with Crippen molar-refractivity contribution in [3.8, 4) is 0 Å². The Morgan fingerprint density at radius 1 is 1.27 bits per heavy atom. The van der Waals surface area contributed by atoms with Gasteiger partial charge in [-0.25, -0.2) is 0 Å². The zero-order valence-electron chi connectivity index (χ0n) is 10.1. The van der Waals surface area contributed by atoms with Gasteiger partial charge in [0, 0.05) is 14.7 Å². The minimum Gasteiger partial charge on any atom is -0.127 e. The summed E-state index contributed by atoms with van der Waals surface area (Å²) in [5, 5.41) is 0. The summed E-state index contributed by atoms with van der Waals surface area (Å²) >= 11 is 5.79. The fraction of sp³-hybridized carbons (Fsp3) is 0.846. The third-order valence-electron chi connectivity index (χ3n) is 3.63. The molecule has 15 heavy (non-hydrogen) atoms. The standard InChI is InChI=1S/C13H25ClSi/c1-2-3-4-5-10-15-11-7-13(6-9-14)8-12-15/h3-4,13,15H,2,5-12H2,1H3. The molecule has 0 N–H and O–H groups in total. The van der Waals surface area contributed by atoms with Crippen LogP contribution in [0.15, 0.2) is 12.2 Å². The third kappa shape index (κ3) is 5.77. The van der Waals surface area contributed by atoms with Crippen LogP contribution >= 0.6 is 11.6 Å². The van der Waals surface area contributed by atoms with E-state index in [2.05, 4.69) is 19.1 Å². The summed E-state index contributed by atoms with van der Waals surface area (Å²) in [6, 6.07) is 4.72. The van der Waals surface area contributed by atoms with Crippen LogP contribution in [0, 0.1) is 5.92 Å². The summed E-state index contributed by atoms with van der Waals surface area (Å²) in [6.07, 6.45) is 11.5. The van der Waals surface area contributed by atoms with E-state index in [1.54, 1.807) is 18.1 Å². The monoisotopic (exact) mass is 244 g/mol. The van der Waals surface area contributed by atoms with Crippen LogP contribution in [-0.4, -0.2) is 14.7 Å². The molecule has 1 aliphatic rings. The first-order valence-electron chi connectivity index (χ1n) is 6.57. The van der Waals surface area contributed by atoms with Crippen LogP contribution in [0.2, 0.25) is 18.1 Å². The highest BCUT2D eigenvalue weighted by Gasteiger charge is 2.20. The Kier molecular flexibility index (Phi) is 7.46. The molecule has 0 aromatic rings. The van der Waals surface area contributed by atoms with E-state index in [0.29, 0.717) is 0 Å². The zero-order chi connectivity index (χ0) is 10.9. The van der Waals surface area contributed by atoms with Gasteiger partial charge < -0.3 is 0 Å². The predicted molar refractivity (Wildman–Crippen MR) is 73.7 cm³/mol. The van der Waals surface area contributed by atoms with Gasteiger partial charge in [0.1, 0.15) is 0 Å². The molecule has 0 aromatic carbocycles. The maximum Gasteiger partial charge on any atom is 0.0371 e.